The molecule has 0 N–H and O–H groups in total. The van der Waals surface area contributed by atoms with Crippen molar-refractivity contribution in [3.63, 3.8) is 0 Å². The maximum atomic E-state index is 4.35. The van der Waals surface area contributed by atoms with E-state index in [1.807, 2.05) is 26.2 Å². The molecule has 6 aromatic carbocycles. The summed E-state index contributed by atoms with van der Waals surface area (Å²) in [6.07, 6.45) is 3.75. The Bertz CT molecular complexity index is 2160. The van der Waals surface area contributed by atoms with E-state index in [2.05, 4.69) is 143 Å². The topological polar surface area (TPSA) is 25.8 Å². The van der Waals surface area contributed by atoms with Crippen molar-refractivity contribution in [1.82, 2.24) is 9.97 Å². The minimum Gasteiger partial charge on any atom is -0.262 e. The van der Waals surface area contributed by atoms with Gasteiger partial charge in [0.2, 0.25) is 0 Å². The molecule has 0 radical (unpaired) electrons. The Morgan fingerprint density at radius 3 is 0.977 bits per heavy atom. The molecule has 0 aliphatic heterocycles. The molecule has 0 aliphatic rings. The second kappa shape index (κ2) is 10.6. The highest BCUT2D eigenvalue weighted by molar-refractivity contribution is 6.26. The molecule has 8 aromatic rings. The first-order valence-electron chi connectivity index (χ1n) is 15.1. The Morgan fingerprint density at radius 2 is 0.614 bits per heavy atom. The lowest BCUT2D eigenvalue weighted by atomic mass is 9.90. The smallest absolute Gasteiger partial charge is 0.0378 e. The molecule has 0 amide bonds. The molecule has 0 atom stereocenters. The molecule has 0 fully saturated rings. The van der Waals surface area contributed by atoms with Gasteiger partial charge in [0.1, 0.15) is 0 Å². The van der Waals surface area contributed by atoms with Crippen molar-refractivity contribution in [3.8, 4) is 44.5 Å². The molecular formula is C42H30N2. The predicted octanol–water partition coefficient (Wildman–Crippen LogP) is 11.2. The number of rotatable bonds is 4. The van der Waals surface area contributed by atoms with Crippen molar-refractivity contribution in [3.05, 3.63) is 157 Å². The van der Waals surface area contributed by atoms with Crippen LogP contribution in [0.5, 0.6) is 0 Å². The number of benzene rings is 6. The van der Waals surface area contributed by atoms with E-state index in [0.29, 0.717) is 0 Å². The third-order valence-electron chi connectivity index (χ3n) is 8.73. The zero-order chi connectivity index (χ0) is 29.6. The lowest BCUT2D eigenvalue weighted by Crippen LogP contribution is -1.87. The zero-order valence-electron chi connectivity index (χ0n) is 24.8. The first kappa shape index (κ1) is 26.1. The highest BCUT2D eigenvalue weighted by Crippen LogP contribution is 2.39. The monoisotopic (exact) mass is 562 g/mol. The Kier molecular flexibility index (Phi) is 6.27. The zero-order valence-corrected chi connectivity index (χ0v) is 24.8. The standard InChI is InChI=1S/C42H30N2/c1-27-23-35(19-21-43-27)31-11-7-29(8-12-31)33-15-17-39-37-5-3-4-6-38(37)40-18-16-34(26-42(40)41(39)25-33)30-9-13-32(14-10-30)36-20-22-44-28(2)24-36/h3-26H,1-2H3. The van der Waals surface area contributed by atoms with Crippen LogP contribution in [0, 0.1) is 13.8 Å². The van der Waals surface area contributed by atoms with Gasteiger partial charge in [-0.05, 0) is 127 Å². The van der Waals surface area contributed by atoms with Crippen LogP contribution in [0.2, 0.25) is 0 Å². The summed E-state index contributed by atoms with van der Waals surface area (Å²) in [6, 6.07) is 48.8. The average Bonchev–Trinajstić information content (AvgIpc) is 3.08. The van der Waals surface area contributed by atoms with Gasteiger partial charge in [-0.1, -0.05) is 97.1 Å². The largest absolute Gasteiger partial charge is 0.262 e. The van der Waals surface area contributed by atoms with Gasteiger partial charge in [-0.25, -0.2) is 0 Å². The number of hydrogen-bond donors (Lipinski definition) is 0. The Labute approximate surface area is 257 Å². The van der Waals surface area contributed by atoms with Gasteiger partial charge in [-0.3, -0.25) is 9.97 Å². The number of fused-ring (bicyclic) bond motifs is 6. The quantitative estimate of drug-likeness (QED) is 0.199. The normalized spacial score (nSPS) is 11.4. The minimum absolute atomic E-state index is 1.03. The fourth-order valence-corrected chi connectivity index (χ4v) is 6.48. The molecule has 0 saturated heterocycles. The molecule has 2 aromatic heterocycles. The molecule has 8 rings (SSSR count). The second-order valence-corrected chi connectivity index (χ2v) is 11.6. The van der Waals surface area contributed by atoms with Crippen LogP contribution >= 0.6 is 0 Å². The number of aryl methyl sites for hydroxylation is 2. The van der Waals surface area contributed by atoms with E-state index >= 15 is 0 Å². The van der Waals surface area contributed by atoms with E-state index in [0.717, 1.165) is 11.4 Å². The third kappa shape index (κ3) is 4.62. The molecule has 0 unspecified atom stereocenters. The summed E-state index contributed by atoms with van der Waals surface area (Å²) < 4.78 is 0. The van der Waals surface area contributed by atoms with Crippen molar-refractivity contribution in [2.75, 3.05) is 0 Å². The van der Waals surface area contributed by atoms with E-state index in [-0.39, 0.29) is 0 Å². The lowest BCUT2D eigenvalue weighted by molar-refractivity contribution is 1.20. The van der Waals surface area contributed by atoms with Crippen LogP contribution < -0.4 is 0 Å². The SMILES string of the molecule is Cc1cc(-c2ccc(-c3ccc4c5ccccc5c5ccc(-c6ccc(-c7ccnc(C)c7)cc6)cc5c4c3)cc2)ccn1. The molecular weight excluding hydrogens is 532 g/mol. The summed E-state index contributed by atoms with van der Waals surface area (Å²) in [4.78, 5) is 8.70. The first-order valence-corrected chi connectivity index (χ1v) is 15.1. The van der Waals surface area contributed by atoms with E-state index in [1.165, 1.54) is 76.8 Å². The van der Waals surface area contributed by atoms with Gasteiger partial charge in [0.15, 0.2) is 0 Å². The summed E-state index contributed by atoms with van der Waals surface area (Å²) >= 11 is 0. The van der Waals surface area contributed by atoms with Gasteiger partial charge in [0, 0.05) is 23.8 Å². The fourth-order valence-electron chi connectivity index (χ4n) is 6.48. The van der Waals surface area contributed by atoms with Crippen molar-refractivity contribution in [1.29, 1.82) is 0 Å². The van der Waals surface area contributed by atoms with Crippen LogP contribution in [0.3, 0.4) is 0 Å². The average molecular weight is 563 g/mol. The van der Waals surface area contributed by atoms with Gasteiger partial charge in [-0.2, -0.15) is 0 Å². The fraction of sp³-hybridized carbons (Fsp3) is 0.0476. The second-order valence-electron chi connectivity index (χ2n) is 11.6. The number of pyridine rings is 2. The van der Waals surface area contributed by atoms with Crippen LogP contribution in [-0.4, -0.2) is 9.97 Å². The predicted molar refractivity (Wildman–Crippen MR) is 186 cm³/mol. The molecule has 0 spiro atoms. The van der Waals surface area contributed by atoms with Crippen LogP contribution in [0.15, 0.2) is 146 Å². The van der Waals surface area contributed by atoms with E-state index < -0.39 is 0 Å². The van der Waals surface area contributed by atoms with Gasteiger partial charge >= 0.3 is 0 Å². The van der Waals surface area contributed by atoms with Gasteiger partial charge in [0.05, 0.1) is 0 Å². The Balaban J connectivity index is 1.25. The molecule has 0 saturated carbocycles. The summed E-state index contributed by atoms with van der Waals surface area (Å²) in [5, 5.41) is 7.68. The number of nitrogens with zero attached hydrogens (tertiary/aromatic N) is 2. The summed E-state index contributed by atoms with van der Waals surface area (Å²) in [5.74, 6) is 0. The summed E-state index contributed by atoms with van der Waals surface area (Å²) in [6.45, 7) is 4.07. The minimum atomic E-state index is 1.03. The third-order valence-corrected chi connectivity index (χ3v) is 8.73. The van der Waals surface area contributed by atoms with Crippen molar-refractivity contribution < 1.29 is 0 Å². The van der Waals surface area contributed by atoms with Crippen LogP contribution in [0.25, 0.3) is 76.8 Å². The number of hydrogen-bond acceptors (Lipinski definition) is 2. The van der Waals surface area contributed by atoms with E-state index in [9.17, 15) is 0 Å². The molecule has 2 nitrogen and oxygen atoms in total. The van der Waals surface area contributed by atoms with Crippen molar-refractivity contribution >= 4 is 32.3 Å². The maximum Gasteiger partial charge on any atom is 0.0378 e. The van der Waals surface area contributed by atoms with Crippen molar-refractivity contribution in [2.45, 2.75) is 13.8 Å². The summed E-state index contributed by atoms with van der Waals surface area (Å²) in [5.41, 5.74) is 11.7. The Morgan fingerprint density at radius 1 is 0.295 bits per heavy atom. The summed E-state index contributed by atoms with van der Waals surface area (Å²) in [7, 11) is 0. The van der Waals surface area contributed by atoms with E-state index in [4.69, 9.17) is 0 Å². The highest BCUT2D eigenvalue weighted by Gasteiger charge is 2.12. The molecule has 0 bridgehead atoms. The van der Waals surface area contributed by atoms with Crippen LogP contribution in [0.1, 0.15) is 11.4 Å². The maximum absolute atomic E-state index is 4.35. The lowest BCUT2D eigenvalue weighted by Gasteiger charge is -2.14. The van der Waals surface area contributed by atoms with Gasteiger partial charge < -0.3 is 0 Å². The molecule has 208 valence electrons. The van der Waals surface area contributed by atoms with Crippen LogP contribution in [0.4, 0.5) is 0 Å². The molecule has 0 aliphatic carbocycles. The highest BCUT2D eigenvalue weighted by atomic mass is 14.7. The molecule has 2 heterocycles. The Hall–Kier alpha value is -5.60. The number of aromatic nitrogens is 2. The van der Waals surface area contributed by atoms with Crippen molar-refractivity contribution in [2.24, 2.45) is 0 Å². The van der Waals surface area contributed by atoms with E-state index in [1.54, 1.807) is 0 Å². The van der Waals surface area contributed by atoms with Gasteiger partial charge in [-0.15, -0.1) is 0 Å². The molecule has 2 heteroatoms. The van der Waals surface area contributed by atoms with Gasteiger partial charge in [0.25, 0.3) is 0 Å². The molecule has 44 heavy (non-hydrogen) atoms. The first-order chi connectivity index (χ1) is 21.6. The van der Waals surface area contributed by atoms with Crippen LogP contribution in [-0.2, 0) is 0 Å².